The summed E-state index contributed by atoms with van der Waals surface area (Å²) in [5.74, 6) is 6.34. The molecule has 0 aliphatic carbocycles. The number of hydrogen-bond acceptors (Lipinski definition) is 5. The van der Waals surface area contributed by atoms with E-state index in [1.165, 1.54) is 4.68 Å². The Bertz CT molecular complexity index is 497. The van der Waals surface area contributed by atoms with Crippen molar-refractivity contribution in [2.45, 2.75) is 58.5 Å². The molecule has 7 heteroatoms. The summed E-state index contributed by atoms with van der Waals surface area (Å²) in [6, 6.07) is 0. The van der Waals surface area contributed by atoms with E-state index in [1.807, 2.05) is 34.6 Å². The first-order chi connectivity index (χ1) is 8.20. The van der Waals surface area contributed by atoms with E-state index in [4.69, 9.17) is 10.6 Å². The van der Waals surface area contributed by atoms with Gasteiger partial charge in [0.15, 0.2) is 18.3 Å². The van der Waals surface area contributed by atoms with E-state index in [0.717, 1.165) is 4.68 Å². The average molecular weight is 255 g/mol. The van der Waals surface area contributed by atoms with E-state index < -0.39 is 0 Å². The van der Waals surface area contributed by atoms with Crippen LogP contribution in [0.25, 0.3) is 0 Å². The van der Waals surface area contributed by atoms with E-state index >= 15 is 0 Å². The molecule has 102 valence electrons. The fourth-order valence-corrected chi connectivity index (χ4v) is 1.79. The molecule has 1 saturated heterocycles. The summed E-state index contributed by atoms with van der Waals surface area (Å²) >= 11 is 0. The zero-order chi connectivity index (χ0) is 13.7. The first-order valence-corrected chi connectivity index (χ1v) is 6.10. The fourth-order valence-electron chi connectivity index (χ4n) is 1.79. The molecule has 3 N–H and O–H groups in total. The minimum Gasteiger partial charge on any atom is -0.333 e. The lowest BCUT2D eigenvalue weighted by Crippen LogP contribution is -2.39. The Hall–Kier alpha value is -1.34. The summed E-state index contributed by atoms with van der Waals surface area (Å²) < 4.78 is 7.82. The Morgan fingerprint density at radius 1 is 1.44 bits per heavy atom. The van der Waals surface area contributed by atoms with Gasteiger partial charge in [0.25, 0.3) is 0 Å². The van der Waals surface area contributed by atoms with Crippen molar-refractivity contribution < 1.29 is 4.74 Å². The summed E-state index contributed by atoms with van der Waals surface area (Å²) in [6.07, 6.45) is -0.545. The van der Waals surface area contributed by atoms with Gasteiger partial charge < -0.3 is 10.6 Å². The maximum absolute atomic E-state index is 11.9. The van der Waals surface area contributed by atoms with E-state index in [2.05, 4.69) is 10.4 Å². The molecule has 2 unspecified atom stereocenters. The standard InChI is InChI=1S/C11H21N5O2/c1-6(2)7-14-16(10(17)15(7)12)9-8(18-9)13-11(3,4)5/h6,8-9,13H,12H2,1-5H3. The van der Waals surface area contributed by atoms with Gasteiger partial charge in [-0.25, -0.2) is 4.79 Å². The van der Waals surface area contributed by atoms with Crippen LogP contribution in [0, 0.1) is 0 Å². The van der Waals surface area contributed by atoms with E-state index in [1.54, 1.807) is 0 Å². The summed E-state index contributed by atoms with van der Waals surface area (Å²) in [5, 5.41) is 7.48. The van der Waals surface area contributed by atoms with E-state index in [0.29, 0.717) is 5.82 Å². The monoisotopic (exact) mass is 255 g/mol. The highest BCUT2D eigenvalue weighted by Gasteiger charge is 2.45. The molecule has 7 nitrogen and oxygen atoms in total. The molecular formula is C11H21N5O2. The third-order valence-corrected chi connectivity index (χ3v) is 2.66. The number of nitrogens with two attached hydrogens (primary N) is 1. The predicted molar refractivity (Wildman–Crippen MR) is 67.5 cm³/mol. The smallest absolute Gasteiger partial charge is 0.333 e. The number of ether oxygens (including phenoxy) is 1. The van der Waals surface area contributed by atoms with Gasteiger partial charge in [0.2, 0.25) is 0 Å². The van der Waals surface area contributed by atoms with Gasteiger partial charge in [0, 0.05) is 11.5 Å². The van der Waals surface area contributed by atoms with Crippen LogP contribution >= 0.6 is 0 Å². The van der Waals surface area contributed by atoms with Crippen LogP contribution in [0.3, 0.4) is 0 Å². The van der Waals surface area contributed by atoms with Crippen molar-refractivity contribution in [3.63, 3.8) is 0 Å². The second kappa shape index (κ2) is 4.10. The summed E-state index contributed by atoms with van der Waals surface area (Å²) in [6.45, 7) is 9.99. The third-order valence-electron chi connectivity index (χ3n) is 2.66. The Morgan fingerprint density at radius 2 is 2.06 bits per heavy atom. The number of rotatable bonds is 3. The first-order valence-electron chi connectivity index (χ1n) is 6.10. The summed E-state index contributed by atoms with van der Waals surface area (Å²) in [4.78, 5) is 11.9. The highest BCUT2D eigenvalue weighted by atomic mass is 16.6. The molecular weight excluding hydrogens is 234 g/mol. The number of nitrogen functional groups attached to an aromatic ring is 1. The molecule has 1 aliphatic heterocycles. The highest BCUT2D eigenvalue weighted by Crippen LogP contribution is 2.31. The summed E-state index contributed by atoms with van der Waals surface area (Å²) in [5.41, 5.74) is -0.420. The zero-order valence-electron chi connectivity index (χ0n) is 11.5. The molecule has 0 amide bonds. The minimum atomic E-state index is -0.362. The second-order valence-corrected chi connectivity index (χ2v) is 5.95. The maximum Gasteiger partial charge on any atom is 0.367 e. The molecule has 0 radical (unpaired) electrons. The molecule has 2 heterocycles. The molecule has 18 heavy (non-hydrogen) atoms. The SMILES string of the molecule is CC(C)c1nn(C2OC2NC(C)(C)C)c(=O)n1N. The molecule has 0 bridgehead atoms. The normalized spacial score (nSPS) is 23.7. The fraction of sp³-hybridized carbons (Fsp3) is 0.818. The van der Waals surface area contributed by atoms with Gasteiger partial charge in [0.05, 0.1) is 0 Å². The van der Waals surface area contributed by atoms with Crippen molar-refractivity contribution in [1.29, 1.82) is 0 Å². The highest BCUT2D eigenvalue weighted by molar-refractivity contribution is 4.96. The number of nitrogens with zero attached hydrogens (tertiary/aromatic N) is 3. The molecule has 0 aromatic carbocycles. The van der Waals surface area contributed by atoms with Crippen LogP contribution in [0.1, 0.15) is 52.6 Å². The van der Waals surface area contributed by atoms with Crippen LogP contribution in [0.15, 0.2) is 4.79 Å². The van der Waals surface area contributed by atoms with Crippen molar-refractivity contribution in [3.8, 4) is 0 Å². The Balaban J connectivity index is 2.18. The van der Waals surface area contributed by atoms with Gasteiger partial charge in [-0.15, -0.1) is 0 Å². The molecule has 1 fully saturated rings. The maximum atomic E-state index is 11.9. The lowest BCUT2D eigenvalue weighted by Gasteiger charge is -2.18. The van der Waals surface area contributed by atoms with Gasteiger partial charge in [-0.3, -0.25) is 5.32 Å². The Morgan fingerprint density at radius 3 is 2.50 bits per heavy atom. The van der Waals surface area contributed by atoms with Gasteiger partial charge in [0.1, 0.15) is 0 Å². The van der Waals surface area contributed by atoms with Gasteiger partial charge in [-0.05, 0) is 20.8 Å². The van der Waals surface area contributed by atoms with E-state index in [-0.39, 0.29) is 29.6 Å². The lowest BCUT2D eigenvalue weighted by molar-refractivity contribution is 0.278. The Labute approximate surface area is 106 Å². The Kier molecular flexibility index (Phi) is 2.98. The van der Waals surface area contributed by atoms with Gasteiger partial charge in [-0.2, -0.15) is 14.5 Å². The average Bonchev–Trinajstić information content (AvgIpc) is 2.86. The van der Waals surface area contributed by atoms with Crippen LogP contribution in [0.2, 0.25) is 0 Å². The zero-order valence-corrected chi connectivity index (χ0v) is 11.5. The topological polar surface area (TPSA) is 90.4 Å². The van der Waals surface area contributed by atoms with Crippen LogP contribution < -0.4 is 16.8 Å². The van der Waals surface area contributed by atoms with Crippen LogP contribution in [0.4, 0.5) is 0 Å². The van der Waals surface area contributed by atoms with Crippen LogP contribution in [0.5, 0.6) is 0 Å². The molecule has 0 spiro atoms. The number of nitrogens with one attached hydrogen (secondary N) is 1. The molecule has 1 aromatic rings. The lowest BCUT2D eigenvalue weighted by atomic mass is 10.1. The van der Waals surface area contributed by atoms with Crippen LogP contribution in [-0.2, 0) is 4.74 Å². The minimum absolute atomic E-state index is 0.0742. The van der Waals surface area contributed by atoms with Crippen molar-refractivity contribution >= 4 is 0 Å². The molecule has 0 saturated carbocycles. The van der Waals surface area contributed by atoms with E-state index in [9.17, 15) is 4.79 Å². The van der Waals surface area contributed by atoms with Gasteiger partial charge >= 0.3 is 5.69 Å². The third kappa shape index (κ3) is 2.41. The molecule has 1 aromatic heterocycles. The quantitative estimate of drug-likeness (QED) is 0.591. The number of epoxide rings is 1. The van der Waals surface area contributed by atoms with Crippen LogP contribution in [-0.4, -0.2) is 26.2 Å². The molecule has 2 rings (SSSR count). The number of aromatic nitrogens is 3. The van der Waals surface area contributed by atoms with Gasteiger partial charge in [-0.1, -0.05) is 13.8 Å². The summed E-state index contributed by atoms with van der Waals surface area (Å²) in [7, 11) is 0. The number of hydrogen-bond donors (Lipinski definition) is 2. The molecule has 2 atom stereocenters. The van der Waals surface area contributed by atoms with Crippen molar-refractivity contribution in [2.75, 3.05) is 5.84 Å². The molecule has 1 aliphatic rings. The largest absolute Gasteiger partial charge is 0.367 e. The predicted octanol–water partition coefficient (Wildman–Crippen LogP) is 0.125. The second-order valence-electron chi connectivity index (χ2n) is 5.95. The van der Waals surface area contributed by atoms with Crippen molar-refractivity contribution in [2.24, 2.45) is 0 Å². The van der Waals surface area contributed by atoms with Crippen molar-refractivity contribution in [1.82, 2.24) is 19.8 Å². The first kappa shape index (κ1) is 13.1. The van der Waals surface area contributed by atoms with Crippen molar-refractivity contribution in [3.05, 3.63) is 16.3 Å².